The molecule has 0 aliphatic carbocycles. The number of rotatable bonds is 8. The molecule has 0 saturated carbocycles. The summed E-state index contributed by atoms with van der Waals surface area (Å²) in [6.45, 7) is 6.82. The minimum atomic E-state index is 0.713. The van der Waals surface area contributed by atoms with Gasteiger partial charge in [-0.25, -0.2) is 0 Å². The molecule has 1 heterocycles. The summed E-state index contributed by atoms with van der Waals surface area (Å²) in [4.78, 5) is 0. The van der Waals surface area contributed by atoms with Crippen LogP contribution < -0.4 is 0 Å². The number of ether oxygens (including phenoxy) is 1. The number of nitrogens with one attached hydrogen (secondary N) is 1. The summed E-state index contributed by atoms with van der Waals surface area (Å²) in [6.07, 6.45) is 4.23. The first-order chi connectivity index (χ1) is 7.79. The van der Waals surface area contributed by atoms with Crippen LogP contribution in [0.3, 0.4) is 0 Å². The van der Waals surface area contributed by atoms with E-state index in [9.17, 15) is 0 Å². The Bertz CT molecular complexity index is 345. The third-order valence-corrected chi connectivity index (χ3v) is 2.78. The Morgan fingerprint density at radius 1 is 1.31 bits per heavy atom. The Kier molecular flexibility index (Phi) is 6.33. The zero-order chi connectivity index (χ0) is 11.8. The van der Waals surface area contributed by atoms with E-state index in [4.69, 9.17) is 17.0 Å². The van der Waals surface area contributed by atoms with E-state index < -0.39 is 0 Å². The van der Waals surface area contributed by atoms with Gasteiger partial charge in [-0.2, -0.15) is 5.10 Å². The number of aromatic nitrogens is 3. The van der Waals surface area contributed by atoms with E-state index >= 15 is 0 Å². The van der Waals surface area contributed by atoms with Gasteiger partial charge in [-0.3, -0.25) is 5.10 Å². The zero-order valence-electron chi connectivity index (χ0n) is 10.2. The molecule has 1 aromatic heterocycles. The molecule has 0 aliphatic rings. The zero-order valence-corrected chi connectivity index (χ0v) is 11.0. The van der Waals surface area contributed by atoms with Crippen molar-refractivity contribution in [1.82, 2.24) is 14.8 Å². The molecule has 0 radical (unpaired) electrons. The van der Waals surface area contributed by atoms with Crippen molar-refractivity contribution in [2.45, 2.75) is 46.1 Å². The average molecular weight is 243 g/mol. The van der Waals surface area contributed by atoms with Crippen LogP contribution in [0.4, 0.5) is 0 Å². The summed E-state index contributed by atoms with van der Waals surface area (Å²) >= 11 is 5.16. The molecule has 0 amide bonds. The number of H-pyrrole nitrogens is 1. The second-order valence-electron chi connectivity index (χ2n) is 3.77. The van der Waals surface area contributed by atoms with Crippen molar-refractivity contribution in [2.75, 3.05) is 13.2 Å². The van der Waals surface area contributed by atoms with E-state index in [1.807, 2.05) is 0 Å². The van der Waals surface area contributed by atoms with Crippen LogP contribution in [0.1, 0.15) is 38.9 Å². The van der Waals surface area contributed by atoms with E-state index in [0.29, 0.717) is 4.77 Å². The van der Waals surface area contributed by atoms with Gasteiger partial charge in [0, 0.05) is 26.2 Å². The molecule has 0 aromatic carbocycles. The maximum absolute atomic E-state index is 5.51. The Labute approximate surface area is 102 Å². The molecular weight excluding hydrogens is 222 g/mol. The lowest BCUT2D eigenvalue weighted by Crippen LogP contribution is -2.06. The summed E-state index contributed by atoms with van der Waals surface area (Å²) in [7, 11) is 0. The van der Waals surface area contributed by atoms with Crippen LogP contribution in [-0.2, 0) is 17.7 Å². The van der Waals surface area contributed by atoms with Gasteiger partial charge in [0.1, 0.15) is 5.82 Å². The molecule has 16 heavy (non-hydrogen) atoms. The SMILES string of the molecule is CCCCOCCCn1c(CC)n[nH]c1=S. The number of aryl methyl sites for hydroxylation is 1. The fourth-order valence-corrected chi connectivity index (χ4v) is 1.77. The number of nitrogens with zero attached hydrogens (tertiary/aromatic N) is 2. The Morgan fingerprint density at radius 3 is 2.75 bits per heavy atom. The van der Waals surface area contributed by atoms with Gasteiger partial charge >= 0.3 is 0 Å². The van der Waals surface area contributed by atoms with Crippen LogP contribution in [0, 0.1) is 4.77 Å². The number of unbranched alkanes of at least 4 members (excludes halogenated alkanes) is 1. The first-order valence-corrected chi connectivity index (χ1v) is 6.42. The summed E-state index contributed by atoms with van der Waals surface area (Å²) < 4.78 is 8.28. The minimum Gasteiger partial charge on any atom is -0.381 e. The highest BCUT2D eigenvalue weighted by Gasteiger charge is 2.02. The smallest absolute Gasteiger partial charge is 0.195 e. The van der Waals surface area contributed by atoms with Crippen LogP contribution >= 0.6 is 12.2 Å². The molecule has 0 unspecified atom stereocenters. The van der Waals surface area contributed by atoms with Crippen LogP contribution in [0.15, 0.2) is 0 Å². The third-order valence-electron chi connectivity index (χ3n) is 2.47. The highest BCUT2D eigenvalue weighted by atomic mass is 32.1. The third kappa shape index (κ3) is 4.06. The molecule has 0 spiro atoms. The highest BCUT2D eigenvalue weighted by Crippen LogP contribution is 2.01. The number of hydrogen-bond acceptors (Lipinski definition) is 3. The van der Waals surface area contributed by atoms with E-state index in [1.165, 1.54) is 6.42 Å². The number of aromatic amines is 1. The quantitative estimate of drug-likeness (QED) is 0.564. The van der Waals surface area contributed by atoms with Gasteiger partial charge in [-0.1, -0.05) is 20.3 Å². The van der Waals surface area contributed by atoms with Gasteiger partial charge in [-0.15, -0.1) is 0 Å². The minimum absolute atomic E-state index is 0.713. The second-order valence-corrected chi connectivity index (χ2v) is 4.16. The van der Waals surface area contributed by atoms with Gasteiger partial charge < -0.3 is 9.30 Å². The maximum atomic E-state index is 5.51. The van der Waals surface area contributed by atoms with E-state index in [-0.39, 0.29) is 0 Å². The summed E-state index contributed by atoms with van der Waals surface area (Å²) in [5, 5.41) is 6.99. The Balaban J connectivity index is 2.26. The molecule has 0 fully saturated rings. The van der Waals surface area contributed by atoms with Crippen molar-refractivity contribution in [3.05, 3.63) is 10.6 Å². The summed E-state index contributed by atoms with van der Waals surface area (Å²) in [5.74, 6) is 1.03. The molecule has 1 N–H and O–H groups in total. The van der Waals surface area contributed by atoms with E-state index in [2.05, 4.69) is 28.6 Å². The van der Waals surface area contributed by atoms with Gasteiger partial charge in [0.2, 0.25) is 0 Å². The summed E-state index contributed by atoms with van der Waals surface area (Å²) in [6, 6.07) is 0. The lowest BCUT2D eigenvalue weighted by molar-refractivity contribution is 0.125. The predicted octanol–water partition coefficient (Wildman–Crippen LogP) is 2.71. The van der Waals surface area contributed by atoms with Crippen molar-refractivity contribution in [3.8, 4) is 0 Å². The lowest BCUT2D eigenvalue weighted by Gasteiger charge is -2.06. The maximum Gasteiger partial charge on any atom is 0.195 e. The van der Waals surface area contributed by atoms with Crippen LogP contribution in [0.2, 0.25) is 0 Å². The molecule has 5 heteroatoms. The van der Waals surface area contributed by atoms with E-state index in [0.717, 1.165) is 44.8 Å². The Hall–Kier alpha value is -0.680. The van der Waals surface area contributed by atoms with Gasteiger partial charge in [-0.05, 0) is 25.1 Å². The van der Waals surface area contributed by atoms with Crippen LogP contribution in [0.5, 0.6) is 0 Å². The molecule has 0 aliphatic heterocycles. The summed E-state index contributed by atoms with van der Waals surface area (Å²) in [5.41, 5.74) is 0. The molecule has 0 bridgehead atoms. The lowest BCUT2D eigenvalue weighted by atomic mass is 10.3. The normalized spacial score (nSPS) is 10.9. The molecule has 0 atom stereocenters. The highest BCUT2D eigenvalue weighted by molar-refractivity contribution is 7.71. The van der Waals surface area contributed by atoms with Gasteiger partial charge in [0.05, 0.1) is 0 Å². The fourth-order valence-electron chi connectivity index (χ4n) is 1.52. The first kappa shape index (κ1) is 13.4. The van der Waals surface area contributed by atoms with Crippen molar-refractivity contribution in [3.63, 3.8) is 0 Å². The molecule has 0 saturated heterocycles. The fraction of sp³-hybridized carbons (Fsp3) is 0.818. The van der Waals surface area contributed by atoms with Crippen molar-refractivity contribution < 1.29 is 4.74 Å². The van der Waals surface area contributed by atoms with Crippen LogP contribution in [0.25, 0.3) is 0 Å². The monoisotopic (exact) mass is 243 g/mol. The van der Waals surface area contributed by atoms with E-state index in [1.54, 1.807) is 0 Å². The van der Waals surface area contributed by atoms with Crippen molar-refractivity contribution >= 4 is 12.2 Å². The second kappa shape index (κ2) is 7.57. The molecular formula is C11H21N3OS. The first-order valence-electron chi connectivity index (χ1n) is 6.01. The molecule has 1 aromatic rings. The Morgan fingerprint density at radius 2 is 2.06 bits per heavy atom. The molecule has 1 rings (SSSR count). The topological polar surface area (TPSA) is 42.8 Å². The molecule has 92 valence electrons. The standard InChI is InChI=1S/C11H21N3OS/c1-3-5-8-15-9-6-7-14-10(4-2)12-13-11(14)16/h3-9H2,1-2H3,(H,13,16). The largest absolute Gasteiger partial charge is 0.381 e. The van der Waals surface area contributed by atoms with Gasteiger partial charge in [0.25, 0.3) is 0 Å². The molecule has 4 nitrogen and oxygen atoms in total. The predicted molar refractivity (Wildman–Crippen MR) is 67.1 cm³/mol. The van der Waals surface area contributed by atoms with Crippen LogP contribution in [-0.4, -0.2) is 28.0 Å². The van der Waals surface area contributed by atoms with Crippen molar-refractivity contribution in [1.29, 1.82) is 0 Å². The van der Waals surface area contributed by atoms with Gasteiger partial charge in [0.15, 0.2) is 4.77 Å². The number of hydrogen-bond donors (Lipinski definition) is 1. The van der Waals surface area contributed by atoms with Crippen molar-refractivity contribution in [2.24, 2.45) is 0 Å². The average Bonchev–Trinajstić information content (AvgIpc) is 2.65.